The van der Waals surface area contributed by atoms with Gasteiger partial charge in [0.2, 0.25) is 0 Å². The number of benzene rings is 5. The molecule has 1 atom stereocenters. The van der Waals surface area contributed by atoms with Crippen LogP contribution in [-0.2, 0) is 14.3 Å². The molecule has 0 bridgehead atoms. The summed E-state index contributed by atoms with van der Waals surface area (Å²) in [5.41, 5.74) is 2.71. The Kier molecular flexibility index (Phi) is 25.3. The smallest absolute Gasteiger partial charge is 0.343 e. The van der Waals surface area contributed by atoms with Gasteiger partial charge in [-0.3, -0.25) is 0 Å². The van der Waals surface area contributed by atoms with Crippen LogP contribution in [0.15, 0.2) is 121 Å². The summed E-state index contributed by atoms with van der Waals surface area (Å²) >= 11 is 0. The number of hydrogen-bond donors (Lipinski definition) is 0. The van der Waals surface area contributed by atoms with Crippen molar-refractivity contribution in [2.45, 2.75) is 155 Å². The molecule has 11 heteroatoms. The minimum atomic E-state index is -0.708. The molecule has 0 unspecified atom stereocenters. The molecule has 0 N–H and O–H groups in total. The first kappa shape index (κ1) is 56.3. The lowest BCUT2D eigenvalue weighted by Crippen LogP contribution is -2.26. The fourth-order valence-electron chi connectivity index (χ4n) is 7.97. The minimum Gasteiger partial charge on any atom is -0.462 e. The van der Waals surface area contributed by atoms with Gasteiger partial charge in [0, 0.05) is 6.61 Å². The monoisotopic (exact) mass is 983 g/mol. The Bertz CT molecular complexity index is 2390. The topological polar surface area (TPSA) is 141 Å². The average molecular weight is 983 g/mol. The molecule has 0 heterocycles. The Balaban J connectivity index is 0.989. The third kappa shape index (κ3) is 20.6. The van der Waals surface area contributed by atoms with Gasteiger partial charge in [-0.05, 0) is 128 Å². The van der Waals surface area contributed by atoms with Crippen molar-refractivity contribution < 1.29 is 52.4 Å². The SMILES string of the molecule is CCCCCCCCCCCCOC(=O)c1ccc(OC(=O)c2ccc(OC(=O)c3cccc(-c4ccc(OC(=O)c5ccc(OC(=O)[C@H](C)OCCCCCCCCCCCC)cc5)cc4)c3)cc2)cc1. The Hall–Kier alpha value is -6.59. The molecule has 5 rings (SSSR count). The van der Waals surface area contributed by atoms with E-state index >= 15 is 0 Å². The molecule has 0 aliphatic rings. The van der Waals surface area contributed by atoms with Gasteiger partial charge in [0.15, 0.2) is 6.10 Å². The van der Waals surface area contributed by atoms with E-state index in [0.29, 0.717) is 35.8 Å². The molecule has 0 aromatic heterocycles. The van der Waals surface area contributed by atoms with E-state index in [9.17, 15) is 24.0 Å². The molecule has 0 radical (unpaired) electrons. The van der Waals surface area contributed by atoms with Gasteiger partial charge < -0.3 is 28.4 Å². The van der Waals surface area contributed by atoms with Crippen LogP contribution in [0.3, 0.4) is 0 Å². The van der Waals surface area contributed by atoms with E-state index in [0.717, 1.165) is 43.2 Å². The highest BCUT2D eigenvalue weighted by molar-refractivity contribution is 5.94. The second kappa shape index (κ2) is 32.4. The fourth-order valence-corrected chi connectivity index (χ4v) is 7.97. The number of rotatable bonds is 33. The van der Waals surface area contributed by atoms with Crippen LogP contribution < -0.4 is 18.9 Å². The van der Waals surface area contributed by atoms with Crippen LogP contribution in [0.5, 0.6) is 23.0 Å². The first-order chi connectivity index (χ1) is 35.1. The van der Waals surface area contributed by atoms with E-state index in [2.05, 4.69) is 13.8 Å². The van der Waals surface area contributed by atoms with Gasteiger partial charge in [0.05, 0.1) is 28.9 Å². The molecule has 72 heavy (non-hydrogen) atoms. The van der Waals surface area contributed by atoms with E-state index in [1.807, 2.05) is 6.07 Å². The molecule has 0 spiro atoms. The van der Waals surface area contributed by atoms with E-state index < -0.39 is 36.0 Å². The van der Waals surface area contributed by atoms with Gasteiger partial charge in [-0.1, -0.05) is 154 Å². The van der Waals surface area contributed by atoms with Crippen LogP contribution >= 0.6 is 0 Å². The second-order valence-corrected chi connectivity index (χ2v) is 18.3. The quantitative estimate of drug-likeness (QED) is 0.0225. The van der Waals surface area contributed by atoms with Gasteiger partial charge in [0.1, 0.15) is 23.0 Å². The maximum Gasteiger partial charge on any atom is 0.343 e. The summed E-state index contributed by atoms with van der Waals surface area (Å²) in [5, 5.41) is 0. The zero-order valence-electron chi connectivity index (χ0n) is 42.7. The van der Waals surface area contributed by atoms with Gasteiger partial charge in [0.25, 0.3) is 0 Å². The van der Waals surface area contributed by atoms with E-state index in [1.54, 1.807) is 85.8 Å². The van der Waals surface area contributed by atoms with Crippen LogP contribution in [0.1, 0.15) is 191 Å². The second-order valence-electron chi connectivity index (χ2n) is 18.3. The summed E-state index contributed by atoms with van der Waals surface area (Å²) in [4.78, 5) is 64.1. The van der Waals surface area contributed by atoms with Gasteiger partial charge in [-0.25, -0.2) is 24.0 Å². The molecule has 5 aromatic rings. The molecule has 0 amide bonds. The van der Waals surface area contributed by atoms with Crippen LogP contribution in [-0.4, -0.2) is 49.2 Å². The number of hydrogen-bond acceptors (Lipinski definition) is 11. The van der Waals surface area contributed by atoms with Crippen molar-refractivity contribution in [1.29, 1.82) is 0 Å². The van der Waals surface area contributed by atoms with Crippen molar-refractivity contribution >= 4 is 29.8 Å². The predicted octanol–water partition coefficient (Wildman–Crippen LogP) is 15.3. The third-order valence-electron chi connectivity index (χ3n) is 12.3. The minimum absolute atomic E-state index is 0.235. The molecule has 5 aromatic carbocycles. The average Bonchev–Trinajstić information content (AvgIpc) is 3.40. The summed E-state index contributed by atoms with van der Waals surface area (Å²) in [6, 6.07) is 32.2. The number of carbonyl (C=O) groups excluding carboxylic acids is 5. The van der Waals surface area contributed by atoms with Crippen LogP contribution in [0.25, 0.3) is 11.1 Å². The Labute approximate surface area is 426 Å². The zero-order chi connectivity index (χ0) is 51.2. The van der Waals surface area contributed by atoms with Crippen molar-refractivity contribution in [3.8, 4) is 34.1 Å². The van der Waals surface area contributed by atoms with E-state index in [4.69, 9.17) is 28.4 Å². The number of unbranched alkanes of at least 4 members (excludes halogenated alkanes) is 18. The lowest BCUT2D eigenvalue weighted by atomic mass is 10.0. The highest BCUT2D eigenvalue weighted by Crippen LogP contribution is 2.26. The number of ether oxygens (including phenoxy) is 6. The highest BCUT2D eigenvalue weighted by Gasteiger charge is 2.18. The third-order valence-corrected chi connectivity index (χ3v) is 12.3. The first-order valence-electron chi connectivity index (χ1n) is 26.3. The highest BCUT2D eigenvalue weighted by atomic mass is 16.6. The Morgan fingerprint density at radius 1 is 0.361 bits per heavy atom. The molecule has 11 nitrogen and oxygen atoms in total. The Morgan fingerprint density at radius 2 is 0.722 bits per heavy atom. The lowest BCUT2D eigenvalue weighted by molar-refractivity contribution is -0.146. The maximum absolute atomic E-state index is 13.2. The molecular formula is C61H74O11. The fraction of sp³-hybridized carbons (Fsp3) is 0.426. The lowest BCUT2D eigenvalue weighted by Gasteiger charge is -2.13. The molecular weight excluding hydrogens is 909 g/mol. The molecule has 0 aliphatic carbocycles. The summed E-state index contributed by atoms with van der Waals surface area (Å²) in [6.07, 6.45) is 23.6. The van der Waals surface area contributed by atoms with Crippen molar-refractivity contribution in [1.82, 2.24) is 0 Å². The Morgan fingerprint density at radius 3 is 1.17 bits per heavy atom. The zero-order valence-corrected chi connectivity index (χ0v) is 42.7. The van der Waals surface area contributed by atoms with Gasteiger partial charge in [-0.15, -0.1) is 0 Å². The molecule has 384 valence electrons. The largest absolute Gasteiger partial charge is 0.462 e. The maximum atomic E-state index is 13.2. The van der Waals surface area contributed by atoms with Crippen molar-refractivity contribution in [3.63, 3.8) is 0 Å². The van der Waals surface area contributed by atoms with Crippen molar-refractivity contribution in [3.05, 3.63) is 144 Å². The summed E-state index contributed by atoms with van der Waals surface area (Å²) in [7, 11) is 0. The summed E-state index contributed by atoms with van der Waals surface area (Å²) in [6.45, 7) is 7.01. The van der Waals surface area contributed by atoms with Crippen LogP contribution in [0.2, 0.25) is 0 Å². The van der Waals surface area contributed by atoms with E-state index in [1.165, 1.54) is 133 Å². The standard InChI is InChI=1S/C61H74O11/c1-4-6-8-10-12-14-16-18-20-22-43-67-46(3)57(62)69-53-39-31-49(32-40-53)59(64)70-54-35-27-47(28-36-54)51-25-24-26-52(45-51)61(66)72-56-41-33-50(34-42-56)60(65)71-55-37-29-48(30-38-55)58(63)68-44-23-21-19-17-15-13-11-9-7-5-2/h24-42,45-46H,4-23,43-44H2,1-3H3/t46-/m0/s1. The van der Waals surface area contributed by atoms with Crippen LogP contribution in [0, 0.1) is 0 Å². The molecule has 0 aliphatic heterocycles. The number of carbonyl (C=O) groups is 5. The van der Waals surface area contributed by atoms with Crippen molar-refractivity contribution in [2.24, 2.45) is 0 Å². The predicted molar refractivity (Wildman–Crippen MR) is 281 cm³/mol. The van der Waals surface area contributed by atoms with E-state index in [-0.39, 0.29) is 22.6 Å². The van der Waals surface area contributed by atoms with Gasteiger partial charge >= 0.3 is 29.8 Å². The van der Waals surface area contributed by atoms with Crippen LogP contribution in [0.4, 0.5) is 0 Å². The summed E-state index contributed by atoms with van der Waals surface area (Å²) < 4.78 is 33.3. The molecule has 0 fully saturated rings. The molecule has 0 saturated carbocycles. The van der Waals surface area contributed by atoms with Crippen molar-refractivity contribution in [2.75, 3.05) is 13.2 Å². The van der Waals surface area contributed by atoms with Gasteiger partial charge in [-0.2, -0.15) is 0 Å². The molecule has 0 saturated heterocycles. The number of esters is 5. The summed E-state index contributed by atoms with van der Waals surface area (Å²) in [5.74, 6) is -1.58. The normalized spacial score (nSPS) is 11.4. The first-order valence-corrected chi connectivity index (χ1v) is 26.3.